The second kappa shape index (κ2) is 7.79. The summed E-state index contributed by atoms with van der Waals surface area (Å²) in [7, 11) is 0. The highest BCUT2D eigenvalue weighted by molar-refractivity contribution is 6.35. The van der Waals surface area contributed by atoms with Crippen molar-refractivity contribution in [1.29, 1.82) is 0 Å². The number of aryl methyl sites for hydroxylation is 1. The number of ketones is 1. The summed E-state index contributed by atoms with van der Waals surface area (Å²) in [6, 6.07) is 9.97. The topological polar surface area (TPSA) is 106 Å². The van der Waals surface area contributed by atoms with E-state index in [0.29, 0.717) is 44.8 Å². The van der Waals surface area contributed by atoms with Gasteiger partial charge in [-0.05, 0) is 45.9 Å². The Morgan fingerprint density at radius 1 is 1.29 bits per heavy atom. The van der Waals surface area contributed by atoms with Crippen LogP contribution in [0.4, 0.5) is 5.95 Å². The van der Waals surface area contributed by atoms with E-state index >= 15 is 0 Å². The quantitative estimate of drug-likeness (QED) is 0.434. The van der Waals surface area contributed by atoms with Crippen molar-refractivity contribution in [3.8, 4) is 5.82 Å². The first-order chi connectivity index (χ1) is 14.6. The third-order valence-corrected chi connectivity index (χ3v) is 5.47. The van der Waals surface area contributed by atoms with Gasteiger partial charge in [-0.25, -0.2) is 4.98 Å². The van der Waals surface area contributed by atoms with E-state index in [-0.39, 0.29) is 11.8 Å². The van der Waals surface area contributed by atoms with E-state index in [0.717, 1.165) is 0 Å². The van der Waals surface area contributed by atoms with Gasteiger partial charge in [0.1, 0.15) is 5.76 Å². The largest absolute Gasteiger partial charge is 0.388 e. The number of hydrogen-bond acceptors (Lipinski definition) is 7. The van der Waals surface area contributed by atoms with Crippen molar-refractivity contribution in [3.63, 3.8) is 0 Å². The molecule has 0 fully saturated rings. The van der Waals surface area contributed by atoms with Crippen molar-refractivity contribution in [2.24, 2.45) is 0 Å². The SMILES string of the molecule is Cc1cc(-n2c(C(=O)c3ccccc3Cl)cc3cnc(NC(C)C(C)(C)O)nc32)no1. The Morgan fingerprint density at radius 2 is 2.03 bits per heavy atom. The first-order valence-corrected chi connectivity index (χ1v) is 10.1. The molecule has 0 spiro atoms. The van der Waals surface area contributed by atoms with Crippen molar-refractivity contribution in [2.45, 2.75) is 39.3 Å². The predicted molar refractivity (Wildman–Crippen MR) is 118 cm³/mol. The summed E-state index contributed by atoms with van der Waals surface area (Å²) in [5.41, 5.74) is 0.201. The number of carbonyl (C=O) groups is 1. The summed E-state index contributed by atoms with van der Waals surface area (Å²) in [5, 5.41) is 18.4. The number of anilines is 1. The smallest absolute Gasteiger partial charge is 0.224 e. The number of halogens is 1. The van der Waals surface area contributed by atoms with Crippen LogP contribution in [0.2, 0.25) is 5.02 Å². The maximum Gasteiger partial charge on any atom is 0.224 e. The minimum absolute atomic E-state index is 0.274. The van der Waals surface area contributed by atoms with Crippen LogP contribution in [0.5, 0.6) is 0 Å². The molecule has 0 radical (unpaired) electrons. The third kappa shape index (κ3) is 4.04. The Morgan fingerprint density at radius 3 is 2.68 bits per heavy atom. The van der Waals surface area contributed by atoms with Crippen molar-refractivity contribution in [3.05, 3.63) is 64.6 Å². The molecule has 3 aromatic heterocycles. The summed E-state index contributed by atoms with van der Waals surface area (Å²) < 4.78 is 6.86. The average molecular weight is 440 g/mol. The van der Waals surface area contributed by atoms with Gasteiger partial charge in [0.25, 0.3) is 0 Å². The minimum atomic E-state index is -0.977. The number of nitrogens with one attached hydrogen (secondary N) is 1. The monoisotopic (exact) mass is 439 g/mol. The van der Waals surface area contributed by atoms with E-state index in [1.807, 2.05) is 6.92 Å². The van der Waals surface area contributed by atoms with Crippen molar-refractivity contribution < 1.29 is 14.4 Å². The lowest BCUT2D eigenvalue weighted by molar-refractivity contribution is 0.0646. The van der Waals surface area contributed by atoms with Gasteiger partial charge in [0.2, 0.25) is 11.7 Å². The van der Waals surface area contributed by atoms with E-state index in [9.17, 15) is 9.90 Å². The van der Waals surface area contributed by atoms with E-state index in [1.54, 1.807) is 67.9 Å². The Bertz CT molecular complexity index is 1270. The normalized spacial score (nSPS) is 12.8. The molecule has 31 heavy (non-hydrogen) atoms. The zero-order valence-electron chi connectivity index (χ0n) is 17.5. The Labute approximate surface area is 183 Å². The second-order valence-corrected chi connectivity index (χ2v) is 8.37. The molecule has 160 valence electrons. The summed E-state index contributed by atoms with van der Waals surface area (Å²) in [5.74, 6) is 1.06. The van der Waals surface area contributed by atoms with Crippen LogP contribution in [0.15, 0.2) is 47.1 Å². The average Bonchev–Trinajstić information content (AvgIpc) is 3.30. The fourth-order valence-corrected chi connectivity index (χ4v) is 3.29. The first kappa shape index (κ1) is 21.0. The molecule has 0 aliphatic rings. The van der Waals surface area contributed by atoms with Gasteiger partial charge in [0, 0.05) is 23.2 Å². The van der Waals surface area contributed by atoms with Gasteiger partial charge in [0.05, 0.1) is 22.4 Å². The van der Waals surface area contributed by atoms with Crippen LogP contribution in [0, 0.1) is 6.92 Å². The number of fused-ring (bicyclic) bond motifs is 1. The van der Waals surface area contributed by atoms with Gasteiger partial charge in [-0.15, -0.1) is 0 Å². The van der Waals surface area contributed by atoms with E-state index in [2.05, 4.69) is 20.4 Å². The van der Waals surface area contributed by atoms with Crippen molar-refractivity contribution in [2.75, 3.05) is 5.32 Å². The van der Waals surface area contributed by atoms with Crippen LogP contribution in [0.1, 0.15) is 42.6 Å². The molecule has 0 amide bonds. The van der Waals surface area contributed by atoms with Gasteiger partial charge in [-0.3, -0.25) is 9.36 Å². The van der Waals surface area contributed by atoms with Crippen LogP contribution in [-0.2, 0) is 0 Å². The zero-order valence-corrected chi connectivity index (χ0v) is 18.3. The molecule has 1 atom stereocenters. The van der Waals surface area contributed by atoms with Gasteiger partial charge in [-0.1, -0.05) is 28.9 Å². The molecular weight excluding hydrogens is 418 g/mol. The summed E-state index contributed by atoms with van der Waals surface area (Å²) >= 11 is 6.27. The van der Waals surface area contributed by atoms with Gasteiger partial charge in [0.15, 0.2) is 11.5 Å². The highest BCUT2D eigenvalue weighted by Gasteiger charge is 2.25. The van der Waals surface area contributed by atoms with E-state index in [1.165, 1.54) is 0 Å². The maximum absolute atomic E-state index is 13.4. The zero-order chi connectivity index (χ0) is 22.3. The molecule has 0 saturated carbocycles. The summed E-state index contributed by atoms with van der Waals surface area (Å²) in [6.45, 7) is 7.00. The fraction of sp³-hybridized carbons (Fsp3) is 0.273. The molecule has 1 aromatic carbocycles. The van der Waals surface area contributed by atoms with E-state index < -0.39 is 5.60 Å². The lowest BCUT2D eigenvalue weighted by Crippen LogP contribution is -2.39. The van der Waals surface area contributed by atoms with Crippen LogP contribution in [0.25, 0.3) is 16.9 Å². The van der Waals surface area contributed by atoms with Gasteiger partial charge < -0.3 is 14.9 Å². The molecule has 3 heterocycles. The Kier molecular flexibility index (Phi) is 5.28. The highest BCUT2D eigenvalue weighted by Crippen LogP contribution is 2.28. The highest BCUT2D eigenvalue weighted by atomic mass is 35.5. The van der Waals surface area contributed by atoms with Crippen LogP contribution in [-0.4, -0.2) is 42.2 Å². The lowest BCUT2D eigenvalue weighted by atomic mass is 10.0. The van der Waals surface area contributed by atoms with Crippen LogP contribution < -0.4 is 5.32 Å². The summed E-state index contributed by atoms with van der Waals surface area (Å²) in [4.78, 5) is 22.3. The second-order valence-electron chi connectivity index (χ2n) is 7.96. The van der Waals surface area contributed by atoms with Crippen LogP contribution in [0.3, 0.4) is 0 Å². The molecule has 0 bridgehead atoms. The van der Waals surface area contributed by atoms with Crippen molar-refractivity contribution in [1.82, 2.24) is 19.7 Å². The van der Waals surface area contributed by atoms with Crippen molar-refractivity contribution >= 4 is 34.4 Å². The van der Waals surface area contributed by atoms with Crippen LogP contribution >= 0.6 is 11.6 Å². The molecule has 0 aliphatic heterocycles. The number of hydrogen-bond donors (Lipinski definition) is 2. The molecule has 0 saturated heterocycles. The maximum atomic E-state index is 13.4. The molecule has 4 aromatic rings. The molecule has 9 heteroatoms. The van der Waals surface area contributed by atoms with Gasteiger partial charge >= 0.3 is 0 Å². The molecule has 1 unspecified atom stereocenters. The molecule has 4 rings (SSSR count). The molecule has 0 aliphatic carbocycles. The minimum Gasteiger partial charge on any atom is -0.388 e. The molecule has 2 N–H and O–H groups in total. The number of aliphatic hydroxyl groups is 1. The standard InChI is InChI=1S/C22H22ClN5O3/c1-12-9-18(27-31-12)28-17(19(29)15-7-5-6-8-16(15)23)10-14-11-24-21(26-20(14)28)25-13(2)22(3,4)30/h5-11,13,30H,1-4H3,(H,24,25,26). The predicted octanol–water partition coefficient (Wildman–Crippen LogP) is 4.17. The first-order valence-electron chi connectivity index (χ1n) is 9.75. The molecular formula is C22H22ClN5O3. The Hall–Kier alpha value is -3.23. The van der Waals surface area contributed by atoms with E-state index in [4.69, 9.17) is 16.1 Å². The lowest BCUT2D eigenvalue weighted by Gasteiger charge is -2.26. The van der Waals surface area contributed by atoms with Gasteiger partial charge in [-0.2, -0.15) is 4.98 Å². The summed E-state index contributed by atoms with van der Waals surface area (Å²) in [6.07, 6.45) is 1.62. The fourth-order valence-electron chi connectivity index (χ4n) is 3.07. The number of rotatable bonds is 6. The number of carbonyl (C=O) groups excluding carboxylic acids is 1. The third-order valence-electron chi connectivity index (χ3n) is 5.14. The number of nitrogens with zero attached hydrogens (tertiary/aromatic N) is 4. The number of benzene rings is 1. The molecule has 8 nitrogen and oxygen atoms in total. The Balaban J connectivity index is 1.88. The number of aromatic nitrogens is 4.